The molecule has 1 rings (SSSR count). The maximum Gasteiger partial charge on any atom is 0.338 e. The van der Waals surface area contributed by atoms with Gasteiger partial charge in [0.2, 0.25) is 0 Å². The van der Waals surface area contributed by atoms with E-state index in [-0.39, 0.29) is 0 Å². The number of esters is 1. The second-order valence-corrected chi connectivity index (χ2v) is 3.17. The number of benzene rings is 1. The summed E-state index contributed by atoms with van der Waals surface area (Å²) in [5.74, 6) is -0.409. The molecule has 0 spiro atoms. The minimum atomic E-state index is -0.409. The summed E-state index contributed by atoms with van der Waals surface area (Å²) in [6.45, 7) is 0.884. The van der Waals surface area contributed by atoms with Crippen LogP contribution in [0.3, 0.4) is 0 Å². The molecule has 0 atom stereocenters. The average molecular weight is 219 g/mol. The Morgan fingerprint density at radius 3 is 2.94 bits per heavy atom. The molecule has 0 aliphatic carbocycles. The molecule has 1 aromatic rings. The number of hydrogen-bond acceptors (Lipinski definition) is 4. The average Bonchev–Trinajstić information content (AvgIpc) is 2.34. The molecule has 0 radical (unpaired) electrons. The summed E-state index contributed by atoms with van der Waals surface area (Å²) in [4.78, 5) is 11.5. The first kappa shape index (κ1) is 12.2. The summed E-state index contributed by atoms with van der Waals surface area (Å²) in [7, 11) is 1.60. The van der Waals surface area contributed by atoms with Crippen LogP contribution in [0.2, 0.25) is 0 Å². The van der Waals surface area contributed by atoms with Gasteiger partial charge in [-0.15, -0.1) is 0 Å². The van der Waals surface area contributed by atoms with Gasteiger partial charge in [-0.2, -0.15) is 5.26 Å². The van der Waals surface area contributed by atoms with Crippen molar-refractivity contribution in [2.75, 3.05) is 20.3 Å². The van der Waals surface area contributed by atoms with Crippen molar-refractivity contribution in [2.45, 2.75) is 6.42 Å². The molecule has 1 aromatic carbocycles. The lowest BCUT2D eigenvalue weighted by atomic mass is 10.1. The molecule has 84 valence electrons. The van der Waals surface area contributed by atoms with E-state index in [0.717, 1.165) is 0 Å². The molecule has 0 bridgehead atoms. The van der Waals surface area contributed by atoms with E-state index in [0.29, 0.717) is 30.8 Å². The van der Waals surface area contributed by atoms with Crippen LogP contribution in [0.5, 0.6) is 0 Å². The first-order chi connectivity index (χ1) is 7.77. The minimum absolute atomic E-state index is 0.323. The Morgan fingerprint density at radius 1 is 1.44 bits per heavy atom. The van der Waals surface area contributed by atoms with Gasteiger partial charge in [0.05, 0.1) is 23.8 Å². The first-order valence-electron chi connectivity index (χ1n) is 4.94. The predicted octanol–water partition coefficient (Wildman–Crippen LogP) is 1.75. The normalized spacial score (nSPS) is 9.50. The highest BCUT2D eigenvalue weighted by Crippen LogP contribution is 2.06. The van der Waals surface area contributed by atoms with Gasteiger partial charge in [-0.05, 0) is 18.2 Å². The highest BCUT2D eigenvalue weighted by atomic mass is 16.5. The van der Waals surface area contributed by atoms with E-state index in [9.17, 15) is 4.79 Å². The Morgan fingerprint density at radius 2 is 2.25 bits per heavy atom. The van der Waals surface area contributed by atoms with Crippen LogP contribution in [0, 0.1) is 11.3 Å². The van der Waals surface area contributed by atoms with E-state index < -0.39 is 5.97 Å². The van der Waals surface area contributed by atoms with E-state index in [2.05, 4.69) is 0 Å². The summed E-state index contributed by atoms with van der Waals surface area (Å²) in [6, 6.07) is 8.41. The summed E-state index contributed by atoms with van der Waals surface area (Å²) in [6.07, 6.45) is 0.667. The van der Waals surface area contributed by atoms with Gasteiger partial charge in [0.15, 0.2) is 0 Å². The van der Waals surface area contributed by atoms with Gasteiger partial charge in [-0.25, -0.2) is 4.79 Å². The number of nitriles is 1. The Hall–Kier alpha value is -1.86. The number of ether oxygens (including phenoxy) is 2. The van der Waals surface area contributed by atoms with Gasteiger partial charge in [0, 0.05) is 20.1 Å². The van der Waals surface area contributed by atoms with Crippen molar-refractivity contribution in [3.63, 3.8) is 0 Å². The molecule has 4 nitrogen and oxygen atoms in total. The third-order valence-corrected chi connectivity index (χ3v) is 1.95. The topological polar surface area (TPSA) is 59.3 Å². The lowest BCUT2D eigenvalue weighted by molar-refractivity contribution is 0.0468. The molecule has 0 aliphatic rings. The molecule has 0 unspecified atom stereocenters. The van der Waals surface area contributed by atoms with Crippen LogP contribution < -0.4 is 0 Å². The Labute approximate surface area is 94.4 Å². The van der Waals surface area contributed by atoms with Crippen molar-refractivity contribution in [1.29, 1.82) is 5.26 Å². The van der Waals surface area contributed by atoms with Crippen LogP contribution in [-0.4, -0.2) is 26.3 Å². The fourth-order valence-corrected chi connectivity index (χ4v) is 1.17. The molecule has 0 saturated carbocycles. The molecule has 16 heavy (non-hydrogen) atoms. The van der Waals surface area contributed by atoms with Crippen molar-refractivity contribution >= 4 is 5.97 Å². The van der Waals surface area contributed by atoms with Gasteiger partial charge in [0.25, 0.3) is 0 Å². The number of rotatable bonds is 5. The lowest BCUT2D eigenvalue weighted by Gasteiger charge is -2.04. The quantitative estimate of drug-likeness (QED) is 0.559. The Kier molecular flexibility index (Phi) is 5.03. The zero-order valence-electron chi connectivity index (χ0n) is 9.10. The van der Waals surface area contributed by atoms with Gasteiger partial charge < -0.3 is 9.47 Å². The highest BCUT2D eigenvalue weighted by Gasteiger charge is 2.06. The molecule has 0 aromatic heterocycles. The van der Waals surface area contributed by atoms with E-state index in [4.69, 9.17) is 14.7 Å². The molecule has 4 heteroatoms. The van der Waals surface area contributed by atoms with Crippen molar-refractivity contribution < 1.29 is 14.3 Å². The molecular formula is C12H13NO3. The molecule has 0 fully saturated rings. The predicted molar refractivity (Wildman–Crippen MR) is 57.9 cm³/mol. The van der Waals surface area contributed by atoms with Crippen molar-refractivity contribution in [1.82, 2.24) is 0 Å². The Balaban J connectivity index is 2.50. The summed E-state index contributed by atoms with van der Waals surface area (Å²) >= 11 is 0. The number of carbonyl (C=O) groups is 1. The standard InChI is InChI=1S/C12H13NO3/c1-15-6-3-7-16-12(14)11-5-2-4-10(8-11)9-13/h2,4-5,8H,3,6-7H2,1H3. The van der Waals surface area contributed by atoms with Crippen LogP contribution in [0.1, 0.15) is 22.3 Å². The first-order valence-corrected chi connectivity index (χ1v) is 4.94. The smallest absolute Gasteiger partial charge is 0.338 e. The van der Waals surface area contributed by atoms with Crippen LogP contribution in [0.15, 0.2) is 24.3 Å². The maximum absolute atomic E-state index is 11.5. The van der Waals surface area contributed by atoms with Crippen LogP contribution in [0.4, 0.5) is 0 Å². The second kappa shape index (κ2) is 6.59. The van der Waals surface area contributed by atoms with E-state index in [1.54, 1.807) is 25.3 Å². The van der Waals surface area contributed by atoms with Crippen molar-refractivity contribution in [3.05, 3.63) is 35.4 Å². The maximum atomic E-state index is 11.5. The molecular weight excluding hydrogens is 206 g/mol. The number of carbonyl (C=O) groups excluding carboxylic acids is 1. The zero-order valence-corrected chi connectivity index (χ0v) is 9.10. The van der Waals surface area contributed by atoms with Crippen LogP contribution in [-0.2, 0) is 9.47 Å². The van der Waals surface area contributed by atoms with E-state index in [1.807, 2.05) is 6.07 Å². The lowest BCUT2D eigenvalue weighted by Crippen LogP contribution is -2.08. The van der Waals surface area contributed by atoms with E-state index in [1.165, 1.54) is 6.07 Å². The summed E-state index contributed by atoms with van der Waals surface area (Å²) in [5.41, 5.74) is 0.850. The molecule has 0 heterocycles. The molecule has 0 aliphatic heterocycles. The Bertz CT molecular complexity index is 395. The second-order valence-electron chi connectivity index (χ2n) is 3.17. The van der Waals surface area contributed by atoms with Crippen molar-refractivity contribution in [3.8, 4) is 6.07 Å². The van der Waals surface area contributed by atoms with E-state index >= 15 is 0 Å². The zero-order chi connectivity index (χ0) is 11.8. The van der Waals surface area contributed by atoms with Gasteiger partial charge in [0.1, 0.15) is 0 Å². The molecule has 0 saturated heterocycles. The SMILES string of the molecule is COCCCOC(=O)c1cccc(C#N)c1. The monoisotopic (exact) mass is 219 g/mol. The largest absolute Gasteiger partial charge is 0.462 e. The molecule has 0 N–H and O–H groups in total. The third-order valence-electron chi connectivity index (χ3n) is 1.95. The van der Waals surface area contributed by atoms with Crippen LogP contribution in [0.25, 0.3) is 0 Å². The highest BCUT2D eigenvalue weighted by molar-refractivity contribution is 5.89. The fourth-order valence-electron chi connectivity index (χ4n) is 1.17. The van der Waals surface area contributed by atoms with Gasteiger partial charge in [-0.3, -0.25) is 0 Å². The summed E-state index contributed by atoms with van der Waals surface area (Å²) < 4.78 is 9.83. The van der Waals surface area contributed by atoms with Gasteiger partial charge in [-0.1, -0.05) is 6.07 Å². The molecule has 0 amide bonds. The number of nitrogens with zero attached hydrogens (tertiary/aromatic N) is 1. The van der Waals surface area contributed by atoms with Crippen LogP contribution >= 0.6 is 0 Å². The fraction of sp³-hybridized carbons (Fsp3) is 0.333. The third kappa shape index (κ3) is 3.71. The van der Waals surface area contributed by atoms with Crippen molar-refractivity contribution in [2.24, 2.45) is 0 Å². The summed E-state index contributed by atoms with van der Waals surface area (Å²) in [5, 5.41) is 8.67. The van der Waals surface area contributed by atoms with Gasteiger partial charge >= 0.3 is 5.97 Å². The minimum Gasteiger partial charge on any atom is -0.462 e. The number of methoxy groups -OCH3 is 1. The number of hydrogen-bond donors (Lipinski definition) is 0.